The van der Waals surface area contributed by atoms with Crippen LogP contribution in [0.5, 0.6) is 0 Å². The Morgan fingerprint density at radius 1 is 1.38 bits per heavy atom. The standard InChI is InChI=1S/C11H16N4O/c1-8-12-10(14(2)3)6-11(13-8)15-5-4-9(16)7-15/h6H,4-5,7H2,1-3H3. The summed E-state index contributed by atoms with van der Waals surface area (Å²) in [4.78, 5) is 23.9. The lowest BCUT2D eigenvalue weighted by Crippen LogP contribution is -2.22. The molecule has 1 aromatic rings. The lowest BCUT2D eigenvalue weighted by molar-refractivity contribution is -0.116. The molecule has 1 aliphatic heterocycles. The van der Waals surface area contributed by atoms with E-state index in [9.17, 15) is 4.79 Å². The van der Waals surface area contributed by atoms with Crippen molar-refractivity contribution in [2.45, 2.75) is 13.3 Å². The van der Waals surface area contributed by atoms with Gasteiger partial charge in [-0.15, -0.1) is 0 Å². The second-order valence-electron chi connectivity index (χ2n) is 4.24. The minimum Gasteiger partial charge on any atom is -0.363 e. The largest absolute Gasteiger partial charge is 0.363 e. The van der Waals surface area contributed by atoms with Gasteiger partial charge in [0.05, 0.1) is 6.54 Å². The van der Waals surface area contributed by atoms with Crippen molar-refractivity contribution in [3.8, 4) is 0 Å². The number of carbonyl (C=O) groups excluding carboxylic acids is 1. The predicted octanol–water partition coefficient (Wildman–Crippen LogP) is 0.630. The molecule has 0 unspecified atom stereocenters. The molecule has 5 nitrogen and oxygen atoms in total. The topological polar surface area (TPSA) is 49.3 Å². The highest BCUT2D eigenvalue weighted by Crippen LogP contribution is 2.20. The maximum atomic E-state index is 11.2. The van der Waals surface area contributed by atoms with Crippen molar-refractivity contribution in [2.75, 3.05) is 37.0 Å². The van der Waals surface area contributed by atoms with Crippen molar-refractivity contribution in [1.29, 1.82) is 0 Å². The van der Waals surface area contributed by atoms with Crippen LogP contribution >= 0.6 is 0 Å². The minimum atomic E-state index is 0.280. The Morgan fingerprint density at radius 3 is 2.69 bits per heavy atom. The Hall–Kier alpha value is -1.65. The number of anilines is 2. The Bertz CT molecular complexity index is 416. The van der Waals surface area contributed by atoms with E-state index in [1.54, 1.807) is 0 Å². The van der Waals surface area contributed by atoms with Gasteiger partial charge < -0.3 is 9.80 Å². The number of hydrogen-bond acceptors (Lipinski definition) is 5. The maximum absolute atomic E-state index is 11.2. The summed E-state index contributed by atoms with van der Waals surface area (Å²) < 4.78 is 0. The SMILES string of the molecule is Cc1nc(N(C)C)cc(N2CCC(=O)C2)n1. The number of rotatable bonds is 2. The van der Waals surface area contributed by atoms with Crippen molar-refractivity contribution < 1.29 is 4.79 Å². The fraction of sp³-hybridized carbons (Fsp3) is 0.545. The van der Waals surface area contributed by atoms with Gasteiger partial charge in [-0.1, -0.05) is 0 Å². The lowest BCUT2D eigenvalue weighted by atomic mass is 10.4. The zero-order valence-electron chi connectivity index (χ0n) is 9.90. The summed E-state index contributed by atoms with van der Waals surface area (Å²) in [6, 6.07) is 1.92. The van der Waals surface area contributed by atoms with Crippen LogP contribution in [0.15, 0.2) is 6.07 Å². The Labute approximate surface area is 95.1 Å². The fourth-order valence-electron chi connectivity index (χ4n) is 1.75. The Balaban J connectivity index is 2.30. The molecule has 1 aliphatic rings. The van der Waals surface area contributed by atoms with E-state index < -0.39 is 0 Å². The summed E-state index contributed by atoms with van der Waals surface area (Å²) in [7, 11) is 3.89. The van der Waals surface area contributed by atoms with Crippen molar-refractivity contribution in [1.82, 2.24) is 9.97 Å². The van der Waals surface area contributed by atoms with Gasteiger partial charge in [-0.3, -0.25) is 4.79 Å². The highest BCUT2D eigenvalue weighted by atomic mass is 16.1. The van der Waals surface area contributed by atoms with Crippen LogP contribution in [-0.4, -0.2) is 42.9 Å². The van der Waals surface area contributed by atoms with E-state index in [4.69, 9.17) is 0 Å². The van der Waals surface area contributed by atoms with Gasteiger partial charge in [-0.2, -0.15) is 0 Å². The summed E-state index contributed by atoms with van der Waals surface area (Å²) in [5, 5.41) is 0. The zero-order chi connectivity index (χ0) is 11.7. The first-order chi connectivity index (χ1) is 7.56. The van der Waals surface area contributed by atoms with Crippen LogP contribution in [0.1, 0.15) is 12.2 Å². The number of hydrogen-bond donors (Lipinski definition) is 0. The molecule has 2 rings (SSSR count). The molecule has 5 heteroatoms. The molecule has 0 atom stereocenters. The fourth-order valence-corrected chi connectivity index (χ4v) is 1.75. The maximum Gasteiger partial charge on any atom is 0.153 e. The molecular formula is C11H16N4O. The van der Waals surface area contributed by atoms with E-state index >= 15 is 0 Å². The molecule has 0 spiro atoms. The normalized spacial score (nSPS) is 15.7. The number of aryl methyl sites for hydroxylation is 1. The first-order valence-electron chi connectivity index (χ1n) is 5.36. The molecule has 2 heterocycles. The predicted molar refractivity (Wildman–Crippen MR) is 62.9 cm³/mol. The third kappa shape index (κ3) is 2.13. The van der Waals surface area contributed by atoms with Crippen LogP contribution in [0.25, 0.3) is 0 Å². The summed E-state index contributed by atoms with van der Waals surface area (Å²) >= 11 is 0. The van der Waals surface area contributed by atoms with Crippen LogP contribution in [0, 0.1) is 6.92 Å². The molecule has 0 aromatic carbocycles. The van der Waals surface area contributed by atoms with Crippen molar-refractivity contribution in [2.24, 2.45) is 0 Å². The van der Waals surface area contributed by atoms with Crippen molar-refractivity contribution in [3.63, 3.8) is 0 Å². The summed E-state index contributed by atoms with van der Waals surface area (Å²) in [5.41, 5.74) is 0. The first-order valence-corrected chi connectivity index (χ1v) is 5.36. The van der Waals surface area contributed by atoms with Crippen LogP contribution in [0.2, 0.25) is 0 Å². The van der Waals surface area contributed by atoms with E-state index in [0.717, 1.165) is 24.0 Å². The van der Waals surface area contributed by atoms with Gasteiger partial charge in [0.15, 0.2) is 5.78 Å². The van der Waals surface area contributed by atoms with Crippen molar-refractivity contribution >= 4 is 17.4 Å². The molecule has 1 fully saturated rings. The molecule has 0 radical (unpaired) electrons. The third-order valence-electron chi connectivity index (χ3n) is 2.62. The van der Waals surface area contributed by atoms with Gasteiger partial charge in [-0.25, -0.2) is 9.97 Å². The lowest BCUT2D eigenvalue weighted by Gasteiger charge is -2.18. The molecule has 0 N–H and O–H groups in total. The monoisotopic (exact) mass is 220 g/mol. The molecule has 86 valence electrons. The van der Waals surface area contributed by atoms with Crippen molar-refractivity contribution in [3.05, 3.63) is 11.9 Å². The van der Waals surface area contributed by atoms with E-state index in [1.165, 1.54) is 0 Å². The van der Waals surface area contributed by atoms with Crippen LogP contribution < -0.4 is 9.80 Å². The number of aromatic nitrogens is 2. The second-order valence-corrected chi connectivity index (χ2v) is 4.24. The minimum absolute atomic E-state index is 0.280. The van der Waals surface area contributed by atoms with Gasteiger partial charge in [0.2, 0.25) is 0 Å². The Kier molecular flexibility index (Phi) is 2.77. The van der Waals surface area contributed by atoms with Gasteiger partial charge >= 0.3 is 0 Å². The third-order valence-corrected chi connectivity index (χ3v) is 2.62. The molecule has 0 saturated carbocycles. The van der Waals surface area contributed by atoms with Crippen LogP contribution in [-0.2, 0) is 4.79 Å². The summed E-state index contributed by atoms with van der Waals surface area (Å²) in [6.07, 6.45) is 0.625. The number of Topliss-reactive ketones (excluding diaryl/α,β-unsaturated/α-hetero) is 1. The van der Waals surface area contributed by atoms with Gasteiger partial charge in [0, 0.05) is 33.1 Å². The van der Waals surface area contributed by atoms with Gasteiger partial charge in [0.25, 0.3) is 0 Å². The number of ketones is 1. The molecule has 0 bridgehead atoms. The van der Waals surface area contributed by atoms with E-state index in [2.05, 4.69) is 9.97 Å². The number of nitrogens with zero attached hydrogens (tertiary/aromatic N) is 4. The molecule has 16 heavy (non-hydrogen) atoms. The average Bonchev–Trinajstić information content (AvgIpc) is 2.64. The first kappa shape index (κ1) is 10.9. The molecular weight excluding hydrogens is 204 g/mol. The molecule has 0 aliphatic carbocycles. The molecule has 0 amide bonds. The average molecular weight is 220 g/mol. The quantitative estimate of drug-likeness (QED) is 0.731. The highest BCUT2D eigenvalue weighted by Gasteiger charge is 2.21. The number of carbonyl (C=O) groups is 1. The van der Waals surface area contributed by atoms with E-state index in [0.29, 0.717) is 13.0 Å². The van der Waals surface area contributed by atoms with Gasteiger partial charge in [-0.05, 0) is 6.92 Å². The van der Waals surface area contributed by atoms with Crippen LogP contribution in [0.3, 0.4) is 0 Å². The Morgan fingerprint density at radius 2 is 2.12 bits per heavy atom. The highest BCUT2D eigenvalue weighted by molar-refractivity contribution is 5.86. The second kappa shape index (κ2) is 4.08. The smallest absolute Gasteiger partial charge is 0.153 e. The molecule has 1 aromatic heterocycles. The summed E-state index contributed by atoms with van der Waals surface area (Å²) in [6.45, 7) is 3.11. The van der Waals surface area contributed by atoms with E-state index in [1.807, 2.05) is 36.9 Å². The zero-order valence-corrected chi connectivity index (χ0v) is 9.90. The van der Waals surface area contributed by atoms with Crippen LogP contribution in [0.4, 0.5) is 11.6 Å². The summed E-state index contributed by atoms with van der Waals surface area (Å²) in [5.74, 6) is 2.74. The van der Waals surface area contributed by atoms with Gasteiger partial charge in [0.1, 0.15) is 17.5 Å². The van der Waals surface area contributed by atoms with E-state index in [-0.39, 0.29) is 5.78 Å². The molecule has 1 saturated heterocycles.